The largest absolute Gasteiger partial charge is 0.394 e. The van der Waals surface area contributed by atoms with Crippen LogP contribution in [0.4, 0.5) is 11.8 Å². The van der Waals surface area contributed by atoms with E-state index in [0.29, 0.717) is 28.7 Å². The third-order valence-corrected chi connectivity index (χ3v) is 5.10. The minimum absolute atomic E-state index is 0.175. The fourth-order valence-corrected chi connectivity index (χ4v) is 3.41. The van der Waals surface area contributed by atoms with Gasteiger partial charge in [0.15, 0.2) is 17.7 Å². The molecular formula is C18H21ClN6O4. The molecule has 0 unspecified atom stereocenters. The van der Waals surface area contributed by atoms with Crippen LogP contribution in [0.25, 0.3) is 11.2 Å². The first-order chi connectivity index (χ1) is 14.0. The summed E-state index contributed by atoms with van der Waals surface area (Å²) in [5, 5.41) is 33.4. The van der Waals surface area contributed by atoms with E-state index >= 15 is 0 Å². The quantitative estimate of drug-likeness (QED) is 0.379. The number of nitrogen functional groups attached to an aromatic ring is 1. The summed E-state index contributed by atoms with van der Waals surface area (Å²) in [7, 11) is 0. The number of rotatable bonds is 6. The van der Waals surface area contributed by atoms with E-state index in [1.165, 1.54) is 10.9 Å². The maximum Gasteiger partial charge on any atom is 0.226 e. The van der Waals surface area contributed by atoms with Crippen molar-refractivity contribution in [2.24, 2.45) is 0 Å². The second kappa shape index (κ2) is 8.09. The van der Waals surface area contributed by atoms with Crippen LogP contribution in [0, 0.1) is 0 Å². The number of aliphatic hydroxyl groups is 3. The maximum absolute atomic E-state index is 10.3. The van der Waals surface area contributed by atoms with E-state index in [0.717, 1.165) is 12.0 Å². The van der Waals surface area contributed by atoms with Gasteiger partial charge in [-0.05, 0) is 24.1 Å². The van der Waals surface area contributed by atoms with Gasteiger partial charge >= 0.3 is 0 Å². The van der Waals surface area contributed by atoms with E-state index in [-0.39, 0.29) is 5.82 Å². The average molecular weight is 421 g/mol. The third kappa shape index (κ3) is 3.85. The Morgan fingerprint density at radius 1 is 1.17 bits per heavy atom. The predicted octanol–water partition coefficient (Wildman–Crippen LogP) is 0.328. The molecule has 0 bridgehead atoms. The molecule has 0 saturated carbocycles. The van der Waals surface area contributed by atoms with E-state index in [1.807, 2.05) is 24.3 Å². The molecule has 4 atom stereocenters. The van der Waals surface area contributed by atoms with Crippen LogP contribution >= 0.6 is 11.6 Å². The Hall–Kier alpha value is -2.50. The summed E-state index contributed by atoms with van der Waals surface area (Å²) >= 11 is 5.89. The molecule has 1 aromatic carbocycles. The van der Waals surface area contributed by atoms with Crippen LogP contribution in [0.5, 0.6) is 0 Å². The fourth-order valence-electron chi connectivity index (χ4n) is 3.28. The van der Waals surface area contributed by atoms with Crippen LogP contribution in [0.1, 0.15) is 11.8 Å². The van der Waals surface area contributed by atoms with Crippen molar-refractivity contribution in [3.8, 4) is 0 Å². The number of nitrogens with zero attached hydrogens (tertiary/aromatic N) is 4. The number of imidazole rings is 1. The van der Waals surface area contributed by atoms with Crippen molar-refractivity contribution < 1.29 is 20.1 Å². The van der Waals surface area contributed by atoms with Crippen molar-refractivity contribution >= 4 is 34.5 Å². The number of nitrogens with one attached hydrogen (secondary N) is 1. The Balaban J connectivity index is 1.54. The number of ether oxygens (including phenoxy) is 1. The Bertz CT molecular complexity index is 998. The van der Waals surface area contributed by atoms with Gasteiger partial charge in [0.05, 0.1) is 12.9 Å². The van der Waals surface area contributed by atoms with Crippen LogP contribution in [0.3, 0.4) is 0 Å². The first kappa shape index (κ1) is 19.8. The molecule has 3 aromatic rings. The van der Waals surface area contributed by atoms with Crippen LogP contribution in [-0.4, -0.2) is 66.3 Å². The number of benzene rings is 1. The zero-order valence-corrected chi connectivity index (χ0v) is 16.1. The summed E-state index contributed by atoms with van der Waals surface area (Å²) in [4.78, 5) is 12.8. The van der Waals surface area contributed by atoms with Crippen molar-refractivity contribution in [3.63, 3.8) is 0 Å². The molecular weight excluding hydrogens is 400 g/mol. The van der Waals surface area contributed by atoms with Crippen LogP contribution in [-0.2, 0) is 11.2 Å². The summed E-state index contributed by atoms with van der Waals surface area (Å²) in [5.41, 5.74) is 7.82. The van der Waals surface area contributed by atoms with E-state index in [9.17, 15) is 15.3 Å². The zero-order chi connectivity index (χ0) is 20.5. The van der Waals surface area contributed by atoms with Gasteiger partial charge < -0.3 is 31.1 Å². The van der Waals surface area contributed by atoms with Crippen molar-refractivity contribution in [1.82, 2.24) is 19.5 Å². The Labute approximate surface area is 170 Å². The number of hydrogen-bond acceptors (Lipinski definition) is 9. The van der Waals surface area contributed by atoms with Crippen molar-refractivity contribution in [3.05, 3.63) is 41.2 Å². The zero-order valence-electron chi connectivity index (χ0n) is 15.3. The number of anilines is 2. The standard InChI is InChI=1S/C18H21ClN6O4/c19-10-3-1-9(2-4-10)5-6-21-18-23-15(20)12-16(24-18)25(8-22-12)17-14(28)13(27)11(7-26)29-17/h1-4,8,11,13-14,17,26-28H,5-7H2,(H3,20,21,23,24)/t11-,13-,14-,17-/m1/s1. The lowest BCUT2D eigenvalue weighted by atomic mass is 10.1. The summed E-state index contributed by atoms with van der Waals surface area (Å²) in [6.07, 6.45) is -2.19. The average Bonchev–Trinajstić information content (AvgIpc) is 3.25. The minimum atomic E-state index is -1.25. The molecule has 0 radical (unpaired) electrons. The smallest absolute Gasteiger partial charge is 0.226 e. The molecule has 3 heterocycles. The molecule has 1 aliphatic rings. The highest BCUT2D eigenvalue weighted by molar-refractivity contribution is 6.30. The van der Waals surface area contributed by atoms with Gasteiger partial charge in [-0.25, -0.2) is 4.98 Å². The van der Waals surface area contributed by atoms with Gasteiger partial charge in [0.25, 0.3) is 0 Å². The van der Waals surface area contributed by atoms with Crippen molar-refractivity contribution in [1.29, 1.82) is 0 Å². The monoisotopic (exact) mass is 420 g/mol. The summed E-state index contributed by atoms with van der Waals surface area (Å²) in [6.45, 7) is 0.143. The fraction of sp³-hybridized carbons (Fsp3) is 0.389. The van der Waals surface area contributed by atoms with Gasteiger partial charge in [-0.1, -0.05) is 23.7 Å². The van der Waals surface area contributed by atoms with E-state index in [2.05, 4.69) is 20.3 Å². The maximum atomic E-state index is 10.3. The minimum Gasteiger partial charge on any atom is -0.394 e. The number of aromatic nitrogens is 4. The second-order valence-corrected chi connectivity index (χ2v) is 7.23. The van der Waals surface area contributed by atoms with Crippen LogP contribution < -0.4 is 11.1 Å². The first-order valence-corrected chi connectivity index (χ1v) is 9.46. The molecule has 1 aliphatic heterocycles. The predicted molar refractivity (Wildman–Crippen MR) is 106 cm³/mol. The Morgan fingerprint density at radius 2 is 1.93 bits per heavy atom. The van der Waals surface area contributed by atoms with Gasteiger partial charge in [0.1, 0.15) is 23.8 Å². The molecule has 1 fully saturated rings. The third-order valence-electron chi connectivity index (χ3n) is 4.85. The number of fused-ring (bicyclic) bond motifs is 1. The van der Waals surface area contributed by atoms with Crippen LogP contribution in [0.15, 0.2) is 30.6 Å². The lowest BCUT2D eigenvalue weighted by Crippen LogP contribution is -2.33. The number of halogens is 1. The molecule has 29 heavy (non-hydrogen) atoms. The number of aliphatic hydroxyl groups excluding tert-OH is 3. The SMILES string of the molecule is Nc1nc(NCCc2ccc(Cl)cc2)nc2c1ncn2[C@@H]1O[C@H](CO)[C@@H](O)[C@H]1O. The highest BCUT2D eigenvalue weighted by Gasteiger charge is 2.44. The van der Waals surface area contributed by atoms with E-state index < -0.39 is 31.1 Å². The molecule has 10 nitrogen and oxygen atoms in total. The first-order valence-electron chi connectivity index (χ1n) is 9.08. The highest BCUT2D eigenvalue weighted by atomic mass is 35.5. The van der Waals surface area contributed by atoms with Gasteiger partial charge in [-0.15, -0.1) is 0 Å². The Morgan fingerprint density at radius 3 is 2.62 bits per heavy atom. The molecule has 0 spiro atoms. The summed E-state index contributed by atoms with van der Waals surface area (Å²) in [5.74, 6) is 0.479. The van der Waals surface area contributed by atoms with E-state index in [1.54, 1.807) is 0 Å². The highest BCUT2D eigenvalue weighted by Crippen LogP contribution is 2.32. The molecule has 0 aliphatic carbocycles. The van der Waals surface area contributed by atoms with Gasteiger partial charge in [-0.2, -0.15) is 9.97 Å². The summed E-state index contributed by atoms with van der Waals surface area (Å²) in [6, 6.07) is 7.55. The molecule has 0 amide bonds. The molecule has 11 heteroatoms. The number of hydrogen-bond donors (Lipinski definition) is 5. The molecule has 4 rings (SSSR count). The lowest BCUT2D eigenvalue weighted by molar-refractivity contribution is -0.0511. The normalized spacial score (nSPS) is 24.3. The van der Waals surface area contributed by atoms with Gasteiger partial charge in [0, 0.05) is 11.6 Å². The van der Waals surface area contributed by atoms with Gasteiger partial charge in [-0.3, -0.25) is 4.57 Å². The second-order valence-electron chi connectivity index (χ2n) is 6.79. The topological polar surface area (TPSA) is 152 Å². The molecule has 1 saturated heterocycles. The number of nitrogens with two attached hydrogens (primary N) is 1. The summed E-state index contributed by atoms with van der Waals surface area (Å²) < 4.78 is 7.03. The van der Waals surface area contributed by atoms with Gasteiger partial charge in [0.2, 0.25) is 5.95 Å². The molecule has 154 valence electrons. The Kier molecular flexibility index (Phi) is 5.52. The molecule has 6 N–H and O–H groups in total. The van der Waals surface area contributed by atoms with Crippen LogP contribution in [0.2, 0.25) is 5.02 Å². The van der Waals surface area contributed by atoms with Crippen molar-refractivity contribution in [2.75, 3.05) is 24.2 Å². The molecule has 2 aromatic heterocycles. The lowest BCUT2D eigenvalue weighted by Gasteiger charge is -2.16. The van der Waals surface area contributed by atoms with E-state index in [4.69, 9.17) is 22.1 Å². The van der Waals surface area contributed by atoms with Crippen molar-refractivity contribution in [2.45, 2.75) is 31.0 Å².